The van der Waals surface area contributed by atoms with E-state index in [9.17, 15) is 12.6 Å². The smallest absolute Gasteiger partial charge is 0.244 e. The number of hydrogen-bond acceptors (Lipinski definition) is 3. The Hall–Kier alpha value is -1.66. The summed E-state index contributed by atoms with van der Waals surface area (Å²) < 4.78 is 41.3. The Morgan fingerprint density at radius 2 is 1.55 bits per heavy atom. The summed E-state index contributed by atoms with van der Waals surface area (Å²) in [7, 11) is -6.93. The summed E-state index contributed by atoms with van der Waals surface area (Å²) in [6.07, 6.45) is 4.28. The number of aryl methyl sites for hydroxylation is 2. The maximum absolute atomic E-state index is 12.7. The van der Waals surface area contributed by atoms with Crippen molar-refractivity contribution >= 4 is 19.8 Å². The van der Waals surface area contributed by atoms with Crippen molar-refractivity contribution in [3.05, 3.63) is 59.7 Å². The standard InChI is InChI=1S/C16H17NO3S2/c1-21(18,15-8-3-2-4-9-15)17-22(19,20)16-11-10-13-6-5-7-14(13)12-16/h2-4,8-12H,5-7H2,1H3. The van der Waals surface area contributed by atoms with Crippen LogP contribution in [0, 0.1) is 0 Å². The number of hydrogen-bond donors (Lipinski definition) is 0. The molecule has 3 rings (SSSR count). The molecule has 1 atom stereocenters. The largest absolute Gasteiger partial charge is 0.290 e. The molecular weight excluding hydrogens is 318 g/mol. The molecule has 6 heteroatoms. The summed E-state index contributed by atoms with van der Waals surface area (Å²) in [5.41, 5.74) is 2.25. The average Bonchev–Trinajstić information content (AvgIpc) is 2.94. The zero-order valence-electron chi connectivity index (χ0n) is 12.2. The molecule has 4 nitrogen and oxygen atoms in total. The van der Waals surface area contributed by atoms with Crippen LogP contribution in [0.1, 0.15) is 17.5 Å². The highest BCUT2D eigenvalue weighted by Gasteiger charge is 2.20. The normalized spacial score (nSPS) is 16.8. The summed E-state index contributed by atoms with van der Waals surface area (Å²) in [6, 6.07) is 13.5. The second kappa shape index (κ2) is 5.52. The number of nitrogens with zero attached hydrogens (tertiary/aromatic N) is 1. The van der Waals surface area contributed by atoms with Crippen LogP contribution in [-0.2, 0) is 32.6 Å². The maximum atomic E-state index is 12.7. The highest BCUT2D eigenvalue weighted by atomic mass is 32.3. The van der Waals surface area contributed by atoms with Gasteiger partial charge in [0, 0.05) is 11.2 Å². The van der Waals surface area contributed by atoms with E-state index < -0.39 is 19.8 Å². The molecule has 0 fully saturated rings. The summed E-state index contributed by atoms with van der Waals surface area (Å²) in [6.45, 7) is 0. The molecule has 0 aliphatic heterocycles. The van der Waals surface area contributed by atoms with E-state index in [1.165, 1.54) is 11.8 Å². The monoisotopic (exact) mass is 335 g/mol. The van der Waals surface area contributed by atoms with Crippen molar-refractivity contribution in [2.45, 2.75) is 29.1 Å². The first-order valence-corrected chi connectivity index (χ1v) is 10.4. The Kier molecular flexibility index (Phi) is 3.82. The third-order valence-electron chi connectivity index (χ3n) is 3.79. The van der Waals surface area contributed by atoms with Gasteiger partial charge >= 0.3 is 0 Å². The second-order valence-corrected chi connectivity index (χ2v) is 9.54. The van der Waals surface area contributed by atoms with Crippen LogP contribution in [0.2, 0.25) is 0 Å². The van der Waals surface area contributed by atoms with Crippen molar-refractivity contribution in [3.63, 3.8) is 0 Å². The molecule has 2 aromatic rings. The Morgan fingerprint density at radius 3 is 2.27 bits per heavy atom. The lowest BCUT2D eigenvalue weighted by molar-refractivity contribution is 0.598. The third kappa shape index (κ3) is 2.94. The molecule has 0 N–H and O–H groups in total. The molecule has 0 saturated heterocycles. The van der Waals surface area contributed by atoms with Gasteiger partial charge in [-0.1, -0.05) is 24.3 Å². The molecule has 116 valence electrons. The highest BCUT2D eigenvalue weighted by molar-refractivity contribution is 8.03. The predicted molar refractivity (Wildman–Crippen MR) is 86.9 cm³/mol. The van der Waals surface area contributed by atoms with Gasteiger partial charge in [0.05, 0.1) is 14.6 Å². The van der Waals surface area contributed by atoms with Crippen LogP contribution >= 0.6 is 0 Å². The molecule has 0 radical (unpaired) electrons. The van der Waals surface area contributed by atoms with Gasteiger partial charge in [-0.3, -0.25) is 0 Å². The minimum atomic E-state index is -3.94. The predicted octanol–water partition coefficient (Wildman–Crippen LogP) is 3.02. The topological polar surface area (TPSA) is 63.6 Å². The average molecular weight is 335 g/mol. The van der Waals surface area contributed by atoms with Crippen molar-refractivity contribution in [1.29, 1.82) is 0 Å². The molecule has 2 aromatic carbocycles. The van der Waals surface area contributed by atoms with E-state index in [1.54, 1.807) is 42.5 Å². The summed E-state index contributed by atoms with van der Waals surface area (Å²) in [4.78, 5) is 0.540. The van der Waals surface area contributed by atoms with E-state index in [4.69, 9.17) is 0 Å². The van der Waals surface area contributed by atoms with E-state index >= 15 is 0 Å². The van der Waals surface area contributed by atoms with Crippen LogP contribution in [0.5, 0.6) is 0 Å². The molecule has 1 aliphatic carbocycles. The van der Waals surface area contributed by atoms with Crippen LogP contribution in [-0.4, -0.2) is 18.9 Å². The Labute approximate surface area is 131 Å². The van der Waals surface area contributed by atoms with Crippen molar-refractivity contribution < 1.29 is 12.6 Å². The van der Waals surface area contributed by atoms with Crippen molar-refractivity contribution in [1.82, 2.24) is 0 Å². The molecule has 22 heavy (non-hydrogen) atoms. The Morgan fingerprint density at radius 1 is 0.864 bits per heavy atom. The van der Waals surface area contributed by atoms with E-state index in [2.05, 4.69) is 3.77 Å². The lowest BCUT2D eigenvalue weighted by Crippen LogP contribution is -2.05. The van der Waals surface area contributed by atoms with E-state index in [1.807, 2.05) is 6.07 Å². The molecule has 0 saturated carbocycles. The zero-order valence-corrected chi connectivity index (χ0v) is 13.9. The van der Waals surface area contributed by atoms with Crippen LogP contribution < -0.4 is 0 Å². The van der Waals surface area contributed by atoms with Gasteiger partial charge in [-0.05, 0) is 54.7 Å². The molecule has 0 spiro atoms. The zero-order chi connectivity index (χ0) is 15.8. The molecule has 0 aromatic heterocycles. The maximum Gasteiger partial charge on any atom is 0.290 e. The van der Waals surface area contributed by atoms with Crippen LogP contribution in [0.15, 0.2) is 62.1 Å². The van der Waals surface area contributed by atoms with Crippen molar-refractivity contribution in [2.24, 2.45) is 3.77 Å². The van der Waals surface area contributed by atoms with Gasteiger partial charge in [0.25, 0.3) is 10.0 Å². The van der Waals surface area contributed by atoms with E-state index in [0.29, 0.717) is 4.90 Å². The van der Waals surface area contributed by atoms with Crippen LogP contribution in [0.25, 0.3) is 0 Å². The number of rotatable bonds is 3. The second-order valence-electron chi connectivity index (χ2n) is 5.45. The van der Waals surface area contributed by atoms with E-state index in [0.717, 1.165) is 24.8 Å². The van der Waals surface area contributed by atoms with Crippen LogP contribution in [0.3, 0.4) is 0 Å². The first-order chi connectivity index (χ1) is 10.4. The van der Waals surface area contributed by atoms with Gasteiger partial charge in [-0.15, -0.1) is 3.77 Å². The van der Waals surface area contributed by atoms with Gasteiger partial charge in [-0.2, -0.15) is 8.42 Å². The van der Waals surface area contributed by atoms with Crippen molar-refractivity contribution in [2.75, 3.05) is 6.26 Å². The molecular formula is C16H17NO3S2. The Bertz CT molecular complexity index is 925. The van der Waals surface area contributed by atoms with Gasteiger partial charge < -0.3 is 0 Å². The molecule has 0 bridgehead atoms. The summed E-state index contributed by atoms with van der Waals surface area (Å²) >= 11 is 0. The van der Waals surface area contributed by atoms with Gasteiger partial charge in [0.2, 0.25) is 0 Å². The van der Waals surface area contributed by atoms with E-state index in [-0.39, 0.29) is 4.90 Å². The lowest BCUT2D eigenvalue weighted by atomic mass is 10.1. The molecule has 0 amide bonds. The van der Waals surface area contributed by atoms with Gasteiger partial charge in [0.15, 0.2) is 0 Å². The van der Waals surface area contributed by atoms with Crippen molar-refractivity contribution in [3.8, 4) is 0 Å². The fourth-order valence-corrected chi connectivity index (χ4v) is 6.03. The van der Waals surface area contributed by atoms with Gasteiger partial charge in [-0.25, -0.2) is 4.21 Å². The third-order valence-corrected chi connectivity index (χ3v) is 7.71. The first-order valence-electron chi connectivity index (χ1n) is 7.04. The Balaban J connectivity index is 2.07. The number of sulfonamides is 1. The summed E-state index contributed by atoms with van der Waals surface area (Å²) in [5, 5.41) is 0. The SMILES string of the molecule is CS(=O)(=NS(=O)(=O)c1ccc2c(c1)CCC2)c1ccccc1. The minimum Gasteiger partial charge on any atom is -0.244 e. The summed E-state index contributed by atoms with van der Waals surface area (Å²) in [5.74, 6) is 0. The lowest BCUT2D eigenvalue weighted by Gasteiger charge is -2.06. The fraction of sp³-hybridized carbons (Fsp3) is 0.250. The number of benzene rings is 2. The first kappa shape index (κ1) is 15.2. The fourth-order valence-electron chi connectivity index (χ4n) is 2.65. The number of fused-ring (bicyclic) bond motifs is 1. The molecule has 1 aliphatic rings. The molecule has 0 heterocycles. The molecule has 1 unspecified atom stereocenters. The highest BCUT2D eigenvalue weighted by Crippen LogP contribution is 2.26. The minimum absolute atomic E-state index is 0.124. The van der Waals surface area contributed by atoms with Crippen LogP contribution in [0.4, 0.5) is 0 Å². The quantitative estimate of drug-likeness (QED) is 0.866. The van der Waals surface area contributed by atoms with Gasteiger partial charge in [0.1, 0.15) is 0 Å².